The van der Waals surface area contributed by atoms with Gasteiger partial charge in [-0.3, -0.25) is 0 Å². The zero-order valence-corrected chi connectivity index (χ0v) is 14.1. The highest BCUT2D eigenvalue weighted by molar-refractivity contribution is 8.00. The topological polar surface area (TPSA) is 21.3 Å². The smallest absolute Gasteiger partial charge is 0.143 e. The molecule has 0 heterocycles. The minimum atomic E-state index is 0.613. The molecule has 0 aliphatic heterocycles. The van der Waals surface area contributed by atoms with E-state index >= 15 is 0 Å². The summed E-state index contributed by atoms with van der Waals surface area (Å²) < 4.78 is 8.81. The van der Waals surface area contributed by atoms with Crippen LogP contribution in [0.25, 0.3) is 10.8 Å². The highest BCUT2D eigenvalue weighted by Gasteiger charge is 2.09. The Balaban J connectivity index is 1.95. The molecule has 0 fully saturated rings. The van der Waals surface area contributed by atoms with Crippen LogP contribution in [-0.4, -0.2) is 7.11 Å². The van der Waals surface area contributed by atoms with Gasteiger partial charge < -0.3 is 9.46 Å². The van der Waals surface area contributed by atoms with Gasteiger partial charge in [0.25, 0.3) is 0 Å². The molecular weight excluding hydrogens is 337 g/mol. The minimum Gasteiger partial charge on any atom is -0.495 e. The van der Waals surface area contributed by atoms with Crippen LogP contribution in [0.5, 0.6) is 5.75 Å². The van der Waals surface area contributed by atoms with Crippen LogP contribution in [0, 0.1) is 0 Å². The van der Waals surface area contributed by atoms with Crippen molar-refractivity contribution in [2.24, 2.45) is 0 Å². The Kier molecular flexibility index (Phi) is 4.67. The summed E-state index contributed by atoms with van der Waals surface area (Å²) >= 11 is 13.5. The first kappa shape index (κ1) is 15.3. The number of anilines is 1. The Labute approximate surface area is 143 Å². The van der Waals surface area contributed by atoms with Gasteiger partial charge in [-0.15, -0.1) is 0 Å². The monoisotopic (exact) mass is 349 g/mol. The third-order valence-corrected chi connectivity index (χ3v) is 4.43. The molecule has 0 saturated carbocycles. The normalized spacial score (nSPS) is 10.7. The molecule has 1 N–H and O–H groups in total. The lowest BCUT2D eigenvalue weighted by molar-refractivity contribution is 0.417. The molecule has 5 heteroatoms. The molecular formula is C17H13Cl2NOS. The van der Waals surface area contributed by atoms with Gasteiger partial charge in [-0.25, -0.2) is 0 Å². The van der Waals surface area contributed by atoms with Crippen molar-refractivity contribution in [2.45, 2.75) is 4.90 Å². The van der Waals surface area contributed by atoms with Crippen molar-refractivity contribution in [3.63, 3.8) is 0 Å². The Bertz CT molecular complexity index is 803. The lowest BCUT2D eigenvalue weighted by Crippen LogP contribution is -1.94. The number of nitrogens with one attached hydrogen (secondary N) is 1. The molecule has 0 aliphatic rings. The molecule has 0 unspecified atom stereocenters. The Morgan fingerprint density at radius 2 is 1.68 bits per heavy atom. The second-order valence-electron chi connectivity index (χ2n) is 4.67. The molecule has 0 bridgehead atoms. The van der Waals surface area contributed by atoms with Gasteiger partial charge in [-0.2, -0.15) is 0 Å². The summed E-state index contributed by atoms with van der Waals surface area (Å²) in [5, 5.41) is 3.47. The van der Waals surface area contributed by atoms with E-state index in [9.17, 15) is 0 Å². The number of benzene rings is 3. The van der Waals surface area contributed by atoms with E-state index in [2.05, 4.69) is 16.9 Å². The van der Waals surface area contributed by atoms with Crippen molar-refractivity contribution in [2.75, 3.05) is 11.8 Å². The van der Waals surface area contributed by atoms with E-state index in [0.29, 0.717) is 10.0 Å². The van der Waals surface area contributed by atoms with E-state index in [1.54, 1.807) is 13.2 Å². The summed E-state index contributed by atoms with van der Waals surface area (Å²) in [4.78, 5) is 0.937. The fourth-order valence-corrected chi connectivity index (χ4v) is 3.68. The van der Waals surface area contributed by atoms with Gasteiger partial charge in [0.05, 0.1) is 12.8 Å². The van der Waals surface area contributed by atoms with Crippen molar-refractivity contribution in [3.05, 3.63) is 64.6 Å². The molecule has 0 radical (unpaired) electrons. The lowest BCUT2D eigenvalue weighted by atomic mass is 10.1. The van der Waals surface area contributed by atoms with E-state index in [4.69, 9.17) is 27.9 Å². The molecule has 22 heavy (non-hydrogen) atoms. The zero-order valence-electron chi connectivity index (χ0n) is 11.8. The summed E-state index contributed by atoms with van der Waals surface area (Å²) in [6, 6.07) is 17.6. The molecule has 0 aromatic heterocycles. The molecule has 3 rings (SSSR count). The molecule has 0 aliphatic carbocycles. The second-order valence-corrected chi connectivity index (χ2v) is 6.43. The predicted octanol–water partition coefficient (Wildman–Crippen LogP) is 6.27. The predicted molar refractivity (Wildman–Crippen MR) is 96.4 cm³/mol. The van der Waals surface area contributed by atoms with E-state index < -0.39 is 0 Å². The zero-order chi connectivity index (χ0) is 15.5. The first-order valence-corrected chi connectivity index (χ1v) is 8.19. The van der Waals surface area contributed by atoms with Crippen molar-refractivity contribution < 1.29 is 4.74 Å². The van der Waals surface area contributed by atoms with E-state index in [-0.39, 0.29) is 0 Å². The van der Waals surface area contributed by atoms with Crippen LogP contribution in [0.1, 0.15) is 0 Å². The van der Waals surface area contributed by atoms with Crippen molar-refractivity contribution >= 4 is 51.6 Å². The van der Waals surface area contributed by atoms with Crippen LogP contribution in [0.3, 0.4) is 0 Å². The van der Waals surface area contributed by atoms with Gasteiger partial charge >= 0.3 is 0 Å². The minimum absolute atomic E-state index is 0.613. The summed E-state index contributed by atoms with van der Waals surface area (Å²) in [5.74, 6) is 0.791. The van der Waals surface area contributed by atoms with Crippen LogP contribution in [0.2, 0.25) is 10.0 Å². The summed E-state index contributed by atoms with van der Waals surface area (Å²) in [7, 11) is 1.66. The van der Waals surface area contributed by atoms with Crippen LogP contribution in [-0.2, 0) is 0 Å². The van der Waals surface area contributed by atoms with Crippen LogP contribution in [0.4, 0.5) is 5.69 Å². The highest BCUT2D eigenvalue weighted by atomic mass is 35.5. The van der Waals surface area contributed by atoms with Crippen LogP contribution >= 0.6 is 35.1 Å². The van der Waals surface area contributed by atoms with Crippen LogP contribution < -0.4 is 9.46 Å². The first-order chi connectivity index (χ1) is 10.7. The van der Waals surface area contributed by atoms with Gasteiger partial charge in [0, 0.05) is 20.3 Å². The number of hydrogen-bond donors (Lipinski definition) is 1. The third-order valence-electron chi connectivity index (χ3n) is 3.22. The first-order valence-electron chi connectivity index (χ1n) is 6.62. The number of ether oxygens (including phenoxy) is 1. The van der Waals surface area contributed by atoms with Crippen molar-refractivity contribution in [1.82, 2.24) is 0 Å². The number of methoxy groups -OCH3 is 1. The molecule has 2 nitrogen and oxygen atoms in total. The second kappa shape index (κ2) is 6.69. The van der Waals surface area contributed by atoms with Crippen molar-refractivity contribution in [1.29, 1.82) is 0 Å². The molecule has 3 aromatic carbocycles. The lowest BCUT2D eigenvalue weighted by Gasteiger charge is -2.13. The maximum absolute atomic E-state index is 6.04. The van der Waals surface area contributed by atoms with Gasteiger partial charge in [0.15, 0.2) is 0 Å². The standard InChI is InChI=1S/C17H13Cl2NOS/c1-21-16-7-6-11-4-2-3-5-15(11)17(16)20-22-14-9-12(18)8-13(19)10-14/h2-10,20H,1H3. The molecule has 0 spiro atoms. The largest absolute Gasteiger partial charge is 0.495 e. The number of rotatable bonds is 4. The highest BCUT2D eigenvalue weighted by Crippen LogP contribution is 2.37. The molecule has 0 saturated heterocycles. The summed E-state index contributed by atoms with van der Waals surface area (Å²) in [6.07, 6.45) is 0. The Morgan fingerprint density at radius 3 is 2.41 bits per heavy atom. The maximum Gasteiger partial charge on any atom is 0.143 e. The quantitative estimate of drug-likeness (QED) is 0.560. The molecule has 0 atom stereocenters. The SMILES string of the molecule is COc1ccc2ccccc2c1NSc1cc(Cl)cc(Cl)c1. The van der Waals surface area contributed by atoms with Gasteiger partial charge in [0.1, 0.15) is 5.75 Å². The molecule has 0 amide bonds. The Hall–Kier alpha value is -1.55. The van der Waals surface area contributed by atoms with E-state index in [1.165, 1.54) is 11.9 Å². The fourth-order valence-electron chi connectivity index (χ4n) is 2.22. The Morgan fingerprint density at radius 1 is 0.955 bits per heavy atom. The number of halogens is 2. The summed E-state index contributed by atoms with van der Waals surface area (Å²) in [6.45, 7) is 0. The average Bonchev–Trinajstić information content (AvgIpc) is 2.51. The third kappa shape index (κ3) is 3.27. The van der Waals surface area contributed by atoms with Gasteiger partial charge in [-0.05, 0) is 41.6 Å². The average molecular weight is 350 g/mol. The maximum atomic E-state index is 6.04. The molecule has 3 aromatic rings. The van der Waals surface area contributed by atoms with E-state index in [0.717, 1.165) is 27.1 Å². The van der Waals surface area contributed by atoms with Gasteiger partial charge in [-0.1, -0.05) is 53.5 Å². The van der Waals surface area contributed by atoms with Gasteiger partial charge in [0.2, 0.25) is 0 Å². The fraction of sp³-hybridized carbons (Fsp3) is 0.0588. The number of fused-ring (bicyclic) bond motifs is 1. The number of hydrogen-bond acceptors (Lipinski definition) is 3. The molecule has 112 valence electrons. The van der Waals surface area contributed by atoms with Crippen LogP contribution in [0.15, 0.2) is 59.5 Å². The summed E-state index contributed by atoms with van der Waals surface area (Å²) in [5.41, 5.74) is 0.932. The van der Waals surface area contributed by atoms with Crippen molar-refractivity contribution in [3.8, 4) is 5.75 Å². The van der Waals surface area contributed by atoms with E-state index in [1.807, 2.05) is 36.4 Å².